The summed E-state index contributed by atoms with van der Waals surface area (Å²) in [4.78, 5) is 0. The van der Waals surface area contributed by atoms with Gasteiger partial charge in [-0.1, -0.05) is 0 Å². The molecule has 3 heteroatoms. The van der Waals surface area contributed by atoms with Gasteiger partial charge < -0.3 is 9.47 Å². The number of ether oxygens (including phenoxy) is 2. The standard InChI is InChI=1S/C11H19ClO2/c12-7-11(4-1-5-13-8-11)9-14-6-10-2-3-10/h10H,1-9H2. The lowest BCUT2D eigenvalue weighted by atomic mass is 9.85. The molecule has 2 nitrogen and oxygen atoms in total. The Kier molecular flexibility index (Phi) is 3.69. The van der Waals surface area contributed by atoms with Crippen LogP contribution in [-0.4, -0.2) is 32.3 Å². The molecule has 1 saturated carbocycles. The first-order valence-corrected chi connectivity index (χ1v) is 6.10. The molecule has 1 saturated heterocycles. The fraction of sp³-hybridized carbons (Fsp3) is 1.00. The molecule has 0 N–H and O–H groups in total. The molecule has 82 valence electrons. The van der Waals surface area contributed by atoms with Crippen LogP contribution in [0.15, 0.2) is 0 Å². The molecule has 2 rings (SSSR count). The lowest BCUT2D eigenvalue weighted by Crippen LogP contribution is -2.38. The van der Waals surface area contributed by atoms with Crippen molar-refractivity contribution in [3.8, 4) is 0 Å². The van der Waals surface area contributed by atoms with Crippen molar-refractivity contribution >= 4 is 11.6 Å². The molecule has 1 aliphatic heterocycles. The third-order valence-electron chi connectivity index (χ3n) is 3.15. The van der Waals surface area contributed by atoms with E-state index in [2.05, 4.69) is 0 Å². The van der Waals surface area contributed by atoms with Gasteiger partial charge in [-0.25, -0.2) is 0 Å². The van der Waals surface area contributed by atoms with E-state index in [0.717, 1.165) is 45.2 Å². The van der Waals surface area contributed by atoms with Gasteiger partial charge in [0.15, 0.2) is 0 Å². The van der Waals surface area contributed by atoms with Gasteiger partial charge in [-0.15, -0.1) is 11.6 Å². The van der Waals surface area contributed by atoms with E-state index >= 15 is 0 Å². The van der Waals surface area contributed by atoms with Crippen LogP contribution < -0.4 is 0 Å². The van der Waals surface area contributed by atoms with Crippen LogP contribution in [-0.2, 0) is 9.47 Å². The van der Waals surface area contributed by atoms with Gasteiger partial charge in [-0.3, -0.25) is 0 Å². The highest BCUT2D eigenvalue weighted by Gasteiger charge is 2.33. The molecule has 14 heavy (non-hydrogen) atoms. The predicted octanol–water partition coefficient (Wildman–Crippen LogP) is 2.45. The van der Waals surface area contributed by atoms with E-state index in [-0.39, 0.29) is 5.41 Å². The fourth-order valence-electron chi connectivity index (χ4n) is 1.89. The maximum Gasteiger partial charge on any atom is 0.0556 e. The van der Waals surface area contributed by atoms with E-state index in [1.807, 2.05) is 0 Å². The van der Waals surface area contributed by atoms with E-state index in [4.69, 9.17) is 21.1 Å². The highest BCUT2D eigenvalue weighted by molar-refractivity contribution is 6.18. The summed E-state index contributed by atoms with van der Waals surface area (Å²) in [6.45, 7) is 3.38. The maximum absolute atomic E-state index is 6.01. The zero-order valence-electron chi connectivity index (χ0n) is 8.64. The molecule has 0 aromatic carbocycles. The first-order chi connectivity index (χ1) is 6.85. The first kappa shape index (κ1) is 10.7. The van der Waals surface area contributed by atoms with E-state index in [1.54, 1.807) is 0 Å². The minimum Gasteiger partial charge on any atom is -0.381 e. The topological polar surface area (TPSA) is 18.5 Å². The number of hydrogen-bond donors (Lipinski definition) is 0. The predicted molar refractivity (Wildman–Crippen MR) is 56.7 cm³/mol. The second-order valence-electron chi connectivity index (χ2n) is 4.75. The molecular formula is C11H19ClO2. The Balaban J connectivity index is 1.71. The van der Waals surface area contributed by atoms with Crippen molar-refractivity contribution in [3.05, 3.63) is 0 Å². The fourth-order valence-corrected chi connectivity index (χ4v) is 2.18. The Hall–Kier alpha value is 0.210. The summed E-state index contributed by atoms with van der Waals surface area (Å²) in [6.07, 6.45) is 4.98. The molecule has 1 heterocycles. The molecule has 0 amide bonds. The lowest BCUT2D eigenvalue weighted by Gasteiger charge is -2.34. The minimum absolute atomic E-state index is 0.106. The van der Waals surface area contributed by atoms with E-state index in [1.165, 1.54) is 12.8 Å². The molecule has 0 bridgehead atoms. The Morgan fingerprint density at radius 1 is 1.43 bits per heavy atom. The minimum atomic E-state index is 0.106. The summed E-state index contributed by atoms with van der Waals surface area (Å²) < 4.78 is 11.2. The van der Waals surface area contributed by atoms with Crippen LogP contribution in [0.3, 0.4) is 0 Å². The van der Waals surface area contributed by atoms with Gasteiger partial charge in [0.2, 0.25) is 0 Å². The van der Waals surface area contributed by atoms with Gasteiger partial charge in [0.1, 0.15) is 0 Å². The molecule has 1 atom stereocenters. The zero-order chi connectivity index (χ0) is 9.86. The molecule has 0 aromatic rings. The summed E-state index contributed by atoms with van der Waals surface area (Å²) >= 11 is 6.01. The average Bonchev–Trinajstić information content (AvgIpc) is 3.03. The van der Waals surface area contributed by atoms with Crippen molar-refractivity contribution in [2.24, 2.45) is 11.3 Å². The third-order valence-corrected chi connectivity index (χ3v) is 3.71. The summed E-state index contributed by atoms with van der Waals surface area (Å²) in [5.74, 6) is 1.50. The van der Waals surface area contributed by atoms with Gasteiger partial charge in [0.25, 0.3) is 0 Å². The monoisotopic (exact) mass is 218 g/mol. The van der Waals surface area contributed by atoms with Crippen molar-refractivity contribution in [2.75, 3.05) is 32.3 Å². The van der Waals surface area contributed by atoms with Crippen LogP contribution in [0.5, 0.6) is 0 Å². The molecule has 1 unspecified atom stereocenters. The molecule has 0 aromatic heterocycles. The van der Waals surface area contributed by atoms with E-state index < -0.39 is 0 Å². The van der Waals surface area contributed by atoms with Gasteiger partial charge >= 0.3 is 0 Å². The summed E-state index contributed by atoms with van der Waals surface area (Å²) in [6, 6.07) is 0. The van der Waals surface area contributed by atoms with Crippen molar-refractivity contribution in [1.29, 1.82) is 0 Å². The Morgan fingerprint density at radius 3 is 2.86 bits per heavy atom. The van der Waals surface area contributed by atoms with Crippen LogP contribution in [0.25, 0.3) is 0 Å². The quantitative estimate of drug-likeness (QED) is 0.660. The summed E-state index contributed by atoms with van der Waals surface area (Å²) in [5, 5.41) is 0. The molecule has 2 aliphatic rings. The second-order valence-corrected chi connectivity index (χ2v) is 5.02. The van der Waals surface area contributed by atoms with Crippen molar-refractivity contribution in [3.63, 3.8) is 0 Å². The van der Waals surface area contributed by atoms with Crippen LogP contribution in [0, 0.1) is 11.3 Å². The molecule has 0 radical (unpaired) electrons. The summed E-state index contributed by atoms with van der Waals surface area (Å²) in [7, 11) is 0. The highest BCUT2D eigenvalue weighted by atomic mass is 35.5. The lowest BCUT2D eigenvalue weighted by molar-refractivity contribution is -0.0487. The molecule has 2 fully saturated rings. The van der Waals surface area contributed by atoms with E-state index in [9.17, 15) is 0 Å². The highest BCUT2D eigenvalue weighted by Crippen LogP contribution is 2.33. The van der Waals surface area contributed by atoms with Gasteiger partial charge in [0.05, 0.1) is 13.2 Å². The smallest absolute Gasteiger partial charge is 0.0556 e. The number of rotatable bonds is 5. The summed E-state index contributed by atoms with van der Waals surface area (Å²) in [5.41, 5.74) is 0.106. The van der Waals surface area contributed by atoms with Crippen LogP contribution >= 0.6 is 11.6 Å². The van der Waals surface area contributed by atoms with Crippen LogP contribution in [0.1, 0.15) is 25.7 Å². The molecular weight excluding hydrogens is 200 g/mol. The SMILES string of the molecule is ClCC1(COCC2CC2)CCCOC1. The molecule has 0 spiro atoms. The Morgan fingerprint density at radius 2 is 2.29 bits per heavy atom. The largest absolute Gasteiger partial charge is 0.381 e. The third kappa shape index (κ3) is 2.85. The van der Waals surface area contributed by atoms with Crippen LogP contribution in [0.2, 0.25) is 0 Å². The van der Waals surface area contributed by atoms with Gasteiger partial charge in [-0.05, 0) is 31.6 Å². The van der Waals surface area contributed by atoms with Gasteiger partial charge in [0, 0.05) is 24.5 Å². The van der Waals surface area contributed by atoms with Crippen molar-refractivity contribution < 1.29 is 9.47 Å². The van der Waals surface area contributed by atoms with Crippen molar-refractivity contribution in [2.45, 2.75) is 25.7 Å². The van der Waals surface area contributed by atoms with Crippen molar-refractivity contribution in [1.82, 2.24) is 0 Å². The average molecular weight is 219 g/mol. The second kappa shape index (κ2) is 4.82. The van der Waals surface area contributed by atoms with E-state index in [0.29, 0.717) is 5.88 Å². The normalized spacial score (nSPS) is 33.2. The zero-order valence-corrected chi connectivity index (χ0v) is 9.39. The Labute approximate surface area is 90.9 Å². The number of halogens is 1. The number of alkyl halides is 1. The van der Waals surface area contributed by atoms with Gasteiger partial charge in [-0.2, -0.15) is 0 Å². The maximum atomic E-state index is 6.01. The Bertz CT molecular complexity index is 174. The first-order valence-electron chi connectivity index (χ1n) is 5.56. The van der Waals surface area contributed by atoms with Crippen LogP contribution in [0.4, 0.5) is 0 Å². The molecule has 1 aliphatic carbocycles. The number of hydrogen-bond acceptors (Lipinski definition) is 2.